The summed E-state index contributed by atoms with van der Waals surface area (Å²) >= 11 is 0. The average Bonchev–Trinajstić information content (AvgIpc) is 2.51. The van der Waals surface area contributed by atoms with Crippen molar-refractivity contribution in [2.24, 2.45) is 0 Å². The predicted octanol–water partition coefficient (Wildman–Crippen LogP) is 3.21. The second kappa shape index (κ2) is 9.18. The molecule has 5 heteroatoms. The number of methoxy groups -OCH3 is 1. The molecule has 0 fully saturated rings. The van der Waals surface area contributed by atoms with Crippen LogP contribution >= 0.6 is 0 Å². The van der Waals surface area contributed by atoms with Crippen LogP contribution in [-0.4, -0.2) is 42.1 Å². The maximum Gasteiger partial charge on any atom is 0.311 e. The van der Waals surface area contributed by atoms with Crippen LogP contribution in [0, 0.1) is 6.92 Å². The standard InChI is InChI=1S/C18H27NO4/c1-5-9-19(10-6-2)17(20)12-15(18(21)22)14-11-13(3)7-8-16(14)23-4/h7-8,11,15H,5-6,9-10,12H2,1-4H3,(H,21,22). The molecule has 0 aromatic heterocycles. The van der Waals surface area contributed by atoms with Gasteiger partial charge in [0.15, 0.2) is 0 Å². The van der Waals surface area contributed by atoms with Gasteiger partial charge in [-0.05, 0) is 25.8 Å². The molecule has 1 rings (SSSR count). The minimum atomic E-state index is -1.00. The van der Waals surface area contributed by atoms with Crippen molar-refractivity contribution in [3.05, 3.63) is 29.3 Å². The quantitative estimate of drug-likeness (QED) is 0.758. The first-order valence-corrected chi connectivity index (χ1v) is 8.09. The first-order valence-electron chi connectivity index (χ1n) is 8.09. The lowest BCUT2D eigenvalue weighted by atomic mass is 9.93. The highest BCUT2D eigenvalue weighted by Gasteiger charge is 2.28. The molecule has 23 heavy (non-hydrogen) atoms. The van der Waals surface area contributed by atoms with Gasteiger partial charge in [0.2, 0.25) is 5.91 Å². The molecular weight excluding hydrogens is 294 g/mol. The Kier molecular flexibility index (Phi) is 7.59. The fourth-order valence-electron chi connectivity index (χ4n) is 2.66. The molecule has 1 aromatic rings. The first kappa shape index (κ1) is 19.0. The Balaban J connectivity index is 3.06. The summed E-state index contributed by atoms with van der Waals surface area (Å²) < 4.78 is 5.28. The van der Waals surface area contributed by atoms with Crippen molar-refractivity contribution in [3.8, 4) is 5.75 Å². The van der Waals surface area contributed by atoms with Crippen molar-refractivity contribution < 1.29 is 19.4 Å². The number of ether oxygens (including phenoxy) is 1. The normalized spacial score (nSPS) is 11.8. The summed E-state index contributed by atoms with van der Waals surface area (Å²) in [7, 11) is 1.51. The van der Waals surface area contributed by atoms with E-state index < -0.39 is 11.9 Å². The van der Waals surface area contributed by atoms with Crippen LogP contribution in [0.5, 0.6) is 5.75 Å². The van der Waals surface area contributed by atoms with Crippen LogP contribution in [0.2, 0.25) is 0 Å². The number of nitrogens with zero attached hydrogens (tertiary/aromatic N) is 1. The molecule has 0 radical (unpaired) electrons. The Bertz CT molecular complexity index is 536. The zero-order valence-corrected chi connectivity index (χ0v) is 14.5. The van der Waals surface area contributed by atoms with Crippen LogP contribution in [0.4, 0.5) is 0 Å². The van der Waals surface area contributed by atoms with Gasteiger partial charge in [0.25, 0.3) is 0 Å². The molecule has 128 valence electrons. The molecule has 0 aliphatic rings. The van der Waals surface area contributed by atoms with E-state index in [2.05, 4.69) is 0 Å². The summed E-state index contributed by atoms with van der Waals surface area (Å²) in [6.45, 7) is 7.22. The molecule has 1 unspecified atom stereocenters. The fourth-order valence-corrected chi connectivity index (χ4v) is 2.66. The highest BCUT2D eigenvalue weighted by Crippen LogP contribution is 2.31. The van der Waals surface area contributed by atoms with Crippen molar-refractivity contribution in [2.45, 2.75) is 46.0 Å². The smallest absolute Gasteiger partial charge is 0.311 e. The van der Waals surface area contributed by atoms with Crippen LogP contribution in [-0.2, 0) is 9.59 Å². The molecule has 0 aliphatic heterocycles. The topological polar surface area (TPSA) is 66.8 Å². The van der Waals surface area contributed by atoms with E-state index in [4.69, 9.17) is 4.74 Å². The maximum atomic E-state index is 12.5. The minimum absolute atomic E-state index is 0.0465. The Morgan fingerprint density at radius 3 is 2.30 bits per heavy atom. The number of benzene rings is 1. The van der Waals surface area contributed by atoms with Crippen LogP contribution in [0.25, 0.3) is 0 Å². The van der Waals surface area contributed by atoms with E-state index >= 15 is 0 Å². The third kappa shape index (κ3) is 5.27. The van der Waals surface area contributed by atoms with Gasteiger partial charge in [0.05, 0.1) is 13.0 Å². The molecule has 0 spiro atoms. The molecule has 5 nitrogen and oxygen atoms in total. The number of hydrogen-bond donors (Lipinski definition) is 1. The number of hydrogen-bond acceptors (Lipinski definition) is 3. The van der Waals surface area contributed by atoms with Crippen LogP contribution in [0.1, 0.15) is 50.2 Å². The van der Waals surface area contributed by atoms with Crippen LogP contribution in [0.3, 0.4) is 0 Å². The molecule has 1 amide bonds. The third-order valence-electron chi connectivity index (χ3n) is 3.78. The van der Waals surface area contributed by atoms with Crippen LogP contribution in [0.15, 0.2) is 18.2 Å². The lowest BCUT2D eigenvalue weighted by Gasteiger charge is -2.24. The zero-order valence-electron chi connectivity index (χ0n) is 14.5. The minimum Gasteiger partial charge on any atom is -0.496 e. The molecule has 0 saturated carbocycles. The number of amides is 1. The lowest BCUT2D eigenvalue weighted by molar-refractivity contribution is -0.142. The van der Waals surface area contributed by atoms with E-state index in [1.165, 1.54) is 7.11 Å². The third-order valence-corrected chi connectivity index (χ3v) is 3.78. The van der Waals surface area contributed by atoms with Gasteiger partial charge in [0.1, 0.15) is 5.75 Å². The van der Waals surface area contributed by atoms with Gasteiger partial charge in [-0.2, -0.15) is 0 Å². The number of carboxylic acids is 1. The number of carbonyl (C=O) groups is 2. The van der Waals surface area contributed by atoms with E-state index in [0.29, 0.717) is 24.4 Å². The van der Waals surface area contributed by atoms with Crippen molar-refractivity contribution in [1.82, 2.24) is 4.90 Å². The summed E-state index contributed by atoms with van der Waals surface area (Å²) in [5.74, 6) is -1.51. The van der Waals surface area contributed by atoms with E-state index in [1.54, 1.807) is 17.0 Å². The molecule has 1 atom stereocenters. The molecule has 0 bridgehead atoms. The monoisotopic (exact) mass is 321 g/mol. The number of carbonyl (C=O) groups excluding carboxylic acids is 1. The number of aryl methyl sites for hydroxylation is 1. The molecule has 0 saturated heterocycles. The lowest BCUT2D eigenvalue weighted by Crippen LogP contribution is -2.34. The van der Waals surface area contributed by atoms with E-state index in [1.807, 2.05) is 26.8 Å². The van der Waals surface area contributed by atoms with Crippen molar-refractivity contribution in [2.75, 3.05) is 20.2 Å². The Morgan fingerprint density at radius 1 is 1.22 bits per heavy atom. The Labute approximate surface area is 138 Å². The Morgan fingerprint density at radius 2 is 1.83 bits per heavy atom. The summed E-state index contributed by atoms with van der Waals surface area (Å²) in [5.41, 5.74) is 1.50. The van der Waals surface area contributed by atoms with Gasteiger partial charge >= 0.3 is 5.97 Å². The van der Waals surface area contributed by atoms with E-state index in [9.17, 15) is 14.7 Å². The highest BCUT2D eigenvalue weighted by atomic mass is 16.5. The van der Waals surface area contributed by atoms with Crippen LogP contribution < -0.4 is 4.74 Å². The molecule has 0 aliphatic carbocycles. The van der Waals surface area contributed by atoms with E-state index in [0.717, 1.165) is 18.4 Å². The summed E-state index contributed by atoms with van der Waals surface area (Å²) in [4.78, 5) is 26.0. The molecule has 1 aromatic carbocycles. The summed E-state index contributed by atoms with van der Waals surface area (Å²) in [6.07, 6.45) is 1.67. The number of carboxylic acid groups (broad SMARTS) is 1. The Hall–Kier alpha value is -2.04. The zero-order chi connectivity index (χ0) is 17.4. The summed E-state index contributed by atoms with van der Waals surface area (Å²) in [5, 5.41) is 9.60. The number of aliphatic carboxylic acids is 1. The predicted molar refractivity (Wildman–Crippen MR) is 89.9 cm³/mol. The molecular formula is C18H27NO4. The van der Waals surface area contributed by atoms with Gasteiger partial charge < -0.3 is 14.7 Å². The fraction of sp³-hybridized carbons (Fsp3) is 0.556. The van der Waals surface area contributed by atoms with Gasteiger partial charge in [0, 0.05) is 25.1 Å². The number of rotatable bonds is 9. The molecule has 1 N–H and O–H groups in total. The first-order chi connectivity index (χ1) is 10.9. The summed E-state index contributed by atoms with van der Waals surface area (Å²) in [6, 6.07) is 5.40. The maximum absolute atomic E-state index is 12.5. The second-order valence-electron chi connectivity index (χ2n) is 5.72. The largest absolute Gasteiger partial charge is 0.496 e. The average molecular weight is 321 g/mol. The highest BCUT2D eigenvalue weighted by molar-refractivity contribution is 5.86. The second-order valence-corrected chi connectivity index (χ2v) is 5.72. The van der Waals surface area contributed by atoms with Crippen molar-refractivity contribution in [3.63, 3.8) is 0 Å². The van der Waals surface area contributed by atoms with Crippen molar-refractivity contribution in [1.29, 1.82) is 0 Å². The molecule has 0 heterocycles. The van der Waals surface area contributed by atoms with Gasteiger partial charge in [-0.25, -0.2) is 0 Å². The van der Waals surface area contributed by atoms with Crippen molar-refractivity contribution >= 4 is 11.9 Å². The van der Waals surface area contributed by atoms with Gasteiger partial charge in [-0.1, -0.05) is 31.5 Å². The van der Waals surface area contributed by atoms with Gasteiger partial charge in [-0.3, -0.25) is 9.59 Å². The SMILES string of the molecule is CCCN(CCC)C(=O)CC(C(=O)O)c1cc(C)ccc1OC. The van der Waals surface area contributed by atoms with Gasteiger partial charge in [-0.15, -0.1) is 0 Å². The van der Waals surface area contributed by atoms with E-state index in [-0.39, 0.29) is 12.3 Å².